The quantitative estimate of drug-likeness (QED) is 0.127. The van der Waals surface area contributed by atoms with Gasteiger partial charge in [-0.05, 0) is 102 Å². The van der Waals surface area contributed by atoms with Crippen LogP contribution in [0, 0.1) is 12.1 Å². The molecule has 69 heavy (non-hydrogen) atoms. The molecule has 12 aromatic rings. The van der Waals surface area contributed by atoms with Crippen LogP contribution in [0.2, 0.25) is 0 Å². The van der Waals surface area contributed by atoms with Gasteiger partial charge in [-0.3, -0.25) is 4.98 Å². The van der Waals surface area contributed by atoms with E-state index >= 15 is 0 Å². The second-order valence-electron chi connectivity index (χ2n) is 19.7. The van der Waals surface area contributed by atoms with Crippen LogP contribution in [0.5, 0.6) is 0 Å². The van der Waals surface area contributed by atoms with Gasteiger partial charge in [-0.1, -0.05) is 174 Å². The first-order valence-electron chi connectivity index (χ1n) is 23.4. The minimum Gasteiger partial charge on any atom is -0.501 e. The molecule has 3 aromatic heterocycles. The molecule has 0 atom stereocenters. The Labute approximate surface area is 417 Å². The summed E-state index contributed by atoms with van der Waals surface area (Å²) in [7, 11) is 0. The largest absolute Gasteiger partial charge is 0.501 e. The van der Waals surface area contributed by atoms with E-state index in [-0.39, 0.29) is 30.9 Å². The third-order valence-corrected chi connectivity index (χ3v) is 13.0. The molecule has 0 amide bonds. The summed E-state index contributed by atoms with van der Waals surface area (Å²) in [5, 5.41) is 6.95. The van der Waals surface area contributed by atoms with E-state index < -0.39 is 0 Å². The number of para-hydroxylation sites is 2. The van der Waals surface area contributed by atoms with Gasteiger partial charge in [-0.25, -0.2) is 0 Å². The molecule has 3 heterocycles. The van der Waals surface area contributed by atoms with Crippen molar-refractivity contribution in [3.05, 3.63) is 224 Å². The molecule has 339 valence electrons. The van der Waals surface area contributed by atoms with Crippen LogP contribution in [-0.4, -0.2) is 14.5 Å². The minimum atomic E-state index is -0.204. The number of benzene rings is 9. The van der Waals surface area contributed by atoms with Gasteiger partial charge in [0.25, 0.3) is 0 Å². The van der Waals surface area contributed by atoms with E-state index in [1.165, 1.54) is 43.8 Å². The van der Waals surface area contributed by atoms with Gasteiger partial charge in [0.1, 0.15) is 5.58 Å². The molecule has 0 spiro atoms. The van der Waals surface area contributed by atoms with Gasteiger partial charge in [0.2, 0.25) is 0 Å². The van der Waals surface area contributed by atoms with Gasteiger partial charge in [-0.2, -0.15) is 0 Å². The fraction of sp³-hybridized carbons (Fsp3) is 0.125. The molecule has 0 N–H and O–H groups in total. The number of hydrogen-bond acceptors (Lipinski definition) is 3. The van der Waals surface area contributed by atoms with Crippen LogP contribution in [0.1, 0.15) is 52.7 Å². The van der Waals surface area contributed by atoms with Crippen molar-refractivity contribution in [1.29, 1.82) is 0 Å². The first-order chi connectivity index (χ1) is 33.0. The summed E-state index contributed by atoms with van der Waals surface area (Å²) in [6, 6.07) is 75.0. The van der Waals surface area contributed by atoms with Gasteiger partial charge < -0.3 is 14.0 Å². The molecule has 0 aliphatic carbocycles. The number of furan rings is 1. The number of aromatic nitrogens is 3. The van der Waals surface area contributed by atoms with Crippen molar-refractivity contribution < 1.29 is 24.5 Å². The van der Waals surface area contributed by atoms with Crippen molar-refractivity contribution in [3.63, 3.8) is 0 Å². The van der Waals surface area contributed by atoms with E-state index in [1.54, 1.807) is 0 Å². The fourth-order valence-electron chi connectivity index (χ4n) is 9.46. The Morgan fingerprint density at radius 3 is 1.96 bits per heavy atom. The van der Waals surface area contributed by atoms with Crippen LogP contribution in [0.3, 0.4) is 0 Å². The summed E-state index contributed by atoms with van der Waals surface area (Å²) >= 11 is 0. The molecule has 0 saturated heterocycles. The van der Waals surface area contributed by atoms with Crippen molar-refractivity contribution in [2.24, 2.45) is 0 Å². The topological polar surface area (TPSA) is 43.9 Å². The van der Waals surface area contributed by atoms with Gasteiger partial charge >= 0.3 is 0 Å². The molecule has 0 bridgehead atoms. The van der Waals surface area contributed by atoms with Crippen LogP contribution < -0.4 is 0 Å². The molecular weight excluding hydrogens is 1020 g/mol. The van der Waals surface area contributed by atoms with Crippen molar-refractivity contribution in [1.82, 2.24) is 14.5 Å². The van der Waals surface area contributed by atoms with E-state index in [2.05, 4.69) is 227 Å². The Bertz CT molecular complexity index is 3780. The summed E-state index contributed by atoms with van der Waals surface area (Å²) in [6.07, 6.45) is 1.95. The van der Waals surface area contributed by atoms with Gasteiger partial charge in [0.05, 0.1) is 28.1 Å². The minimum absolute atomic E-state index is 0. The number of fused-ring (bicyclic) bond motifs is 7. The van der Waals surface area contributed by atoms with Gasteiger partial charge in [-0.15, -0.1) is 54.1 Å². The first kappa shape index (κ1) is 45.4. The van der Waals surface area contributed by atoms with Crippen LogP contribution in [0.15, 0.2) is 205 Å². The van der Waals surface area contributed by atoms with Crippen molar-refractivity contribution >= 4 is 54.5 Å². The van der Waals surface area contributed by atoms with E-state index in [9.17, 15) is 0 Å². The van der Waals surface area contributed by atoms with E-state index in [0.29, 0.717) is 0 Å². The number of pyridine rings is 1. The Morgan fingerprint density at radius 1 is 0.522 bits per heavy atom. The smallest absolute Gasteiger partial charge is 0.121 e. The Balaban J connectivity index is 0.000000277. The molecular formula is C64H51IrN3O-2. The molecule has 0 unspecified atom stereocenters. The second-order valence-corrected chi connectivity index (χ2v) is 19.7. The number of hydrogen-bond donors (Lipinski definition) is 0. The third-order valence-electron chi connectivity index (χ3n) is 13.0. The molecule has 0 aliphatic rings. The molecule has 4 nitrogen and oxygen atoms in total. The Morgan fingerprint density at radius 2 is 1.23 bits per heavy atom. The first-order valence-corrected chi connectivity index (χ1v) is 23.4. The van der Waals surface area contributed by atoms with E-state index in [0.717, 1.165) is 72.4 Å². The molecule has 0 fully saturated rings. The summed E-state index contributed by atoms with van der Waals surface area (Å²) < 4.78 is 9.24. The number of imidazole rings is 1. The predicted octanol–water partition coefficient (Wildman–Crippen LogP) is 17.2. The summed E-state index contributed by atoms with van der Waals surface area (Å²) in [6.45, 7) is 13.5. The molecule has 5 heteroatoms. The molecule has 0 aliphatic heterocycles. The Kier molecular flexibility index (Phi) is 12.0. The van der Waals surface area contributed by atoms with Crippen LogP contribution in [0.25, 0.3) is 105 Å². The van der Waals surface area contributed by atoms with Crippen LogP contribution >= 0.6 is 0 Å². The standard InChI is InChI=1S/C49H35N2O.C15H16N.Ir/c1-49(2,3)42-29-35(31-15-6-4-7-16-31)28-40(32-17-8-5-9-18-32)46(42)51-44-24-13-12-23-43(44)50-48(51)38-22-14-21-37-41-27-34-26-25-33-19-10-11-20-36(33)39(34)30-45(41)52-47(37)38;1-15(2,3)13-9-10-14(16-11-13)12-7-5-4-6-8-12;/h4-21,23-30H,1-3H3;4-7,9-11H,1-3H3;/q2*-1;. The molecule has 9 aromatic carbocycles. The summed E-state index contributed by atoms with van der Waals surface area (Å²) in [4.78, 5) is 9.87. The number of rotatable bonds is 5. The average molecular weight is 1070 g/mol. The third kappa shape index (κ3) is 8.59. The van der Waals surface area contributed by atoms with Crippen molar-refractivity contribution in [2.75, 3.05) is 0 Å². The SMILES string of the molecule is CC(C)(C)c1cc(-c2ccccc2)cc(-c2ccccc2)c1-n1c(-c2[c-]ccc3c2oc2cc4c(ccc5ccccc54)cc23)nc2ccccc21.CC(C)(C)c1ccc(-c2[c-]cccc2)nc1.[Ir]. The Hall–Kier alpha value is -7.43. The number of nitrogens with zero attached hydrogens (tertiary/aromatic N) is 3. The van der Waals surface area contributed by atoms with E-state index in [4.69, 9.17) is 9.40 Å². The van der Waals surface area contributed by atoms with Gasteiger partial charge in [0.15, 0.2) is 0 Å². The second kappa shape index (κ2) is 18.2. The normalized spacial score (nSPS) is 11.8. The fourth-order valence-corrected chi connectivity index (χ4v) is 9.46. The zero-order valence-electron chi connectivity index (χ0n) is 39.6. The maximum Gasteiger partial charge on any atom is 0.121 e. The zero-order valence-corrected chi connectivity index (χ0v) is 42.0. The maximum atomic E-state index is 6.89. The van der Waals surface area contributed by atoms with Crippen LogP contribution in [0.4, 0.5) is 0 Å². The molecule has 12 rings (SSSR count). The zero-order chi connectivity index (χ0) is 46.6. The van der Waals surface area contributed by atoms with Crippen LogP contribution in [-0.2, 0) is 30.9 Å². The molecule has 1 radical (unpaired) electrons. The maximum absolute atomic E-state index is 6.89. The average Bonchev–Trinajstić information content (AvgIpc) is 3.94. The summed E-state index contributed by atoms with van der Waals surface area (Å²) in [5.41, 5.74) is 14.7. The van der Waals surface area contributed by atoms with E-state index in [1.807, 2.05) is 36.5 Å². The molecule has 0 saturated carbocycles. The van der Waals surface area contributed by atoms with Crippen molar-refractivity contribution in [2.45, 2.75) is 52.4 Å². The van der Waals surface area contributed by atoms with Crippen molar-refractivity contribution in [3.8, 4) is 50.6 Å². The predicted molar refractivity (Wildman–Crippen MR) is 284 cm³/mol. The summed E-state index contributed by atoms with van der Waals surface area (Å²) in [5.74, 6) is 0.802. The van der Waals surface area contributed by atoms with Gasteiger partial charge in [0, 0.05) is 37.3 Å². The monoisotopic (exact) mass is 1070 g/mol.